The Morgan fingerprint density at radius 2 is 1.86 bits per heavy atom. The summed E-state index contributed by atoms with van der Waals surface area (Å²) in [6, 6.07) is 14.1. The van der Waals surface area contributed by atoms with E-state index in [9.17, 15) is 14.0 Å². The van der Waals surface area contributed by atoms with Gasteiger partial charge in [-0.15, -0.1) is 0 Å². The number of hydrogen-bond donors (Lipinski definition) is 2. The van der Waals surface area contributed by atoms with Gasteiger partial charge in [-0.05, 0) is 118 Å². The van der Waals surface area contributed by atoms with Crippen molar-refractivity contribution >= 4 is 30.0 Å². The average molecular weight is 685 g/mol. The van der Waals surface area contributed by atoms with Crippen molar-refractivity contribution in [3.05, 3.63) is 82.3 Å². The first-order valence-electron chi connectivity index (χ1n) is 17.7. The lowest BCUT2D eigenvalue weighted by Crippen LogP contribution is -2.46. The second kappa shape index (κ2) is 16.4. The van der Waals surface area contributed by atoms with Gasteiger partial charge in [-0.25, -0.2) is 14.2 Å². The Bertz CT molecular complexity index is 1720. The summed E-state index contributed by atoms with van der Waals surface area (Å²) in [5.41, 5.74) is 4.77. The van der Waals surface area contributed by atoms with Crippen LogP contribution in [0.15, 0.2) is 48.5 Å². The van der Waals surface area contributed by atoms with Gasteiger partial charge >= 0.3 is 6.09 Å². The van der Waals surface area contributed by atoms with Crippen LogP contribution in [0.4, 0.5) is 15.0 Å². The van der Waals surface area contributed by atoms with E-state index in [-0.39, 0.29) is 17.8 Å². The lowest BCUT2D eigenvalue weighted by molar-refractivity contribution is 0.00709. The smallest absolute Gasteiger partial charge is 0.410 e. The third-order valence-corrected chi connectivity index (χ3v) is 9.32. The Morgan fingerprint density at radius 3 is 2.52 bits per heavy atom. The molecule has 0 radical (unpaired) electrons. The summed E-state index contributed by atoms with van der Waals surface area (Å²) in [6.07, 6.45) is 7.49. The highest BCUT2D eigenvalue weighted by Crippen LogP contribution is 2.33. The minimum Gasteiger partial charge on any atom is -0.444 e. The van der Waals surface area contributed by atoms with E-state index in [0.29, 0.717) is 46.6 Å². The number of aromatic nitrogens is 1. The summed E-state index contributed by atoms with van der Waals surface area (Å²) >= 11 is 0. The fraction of sp³-hybridized carbons (Fsp3) is 0.475. The van der Waals surface area contributed by atoms with E-state index < -0.39 is 11.4 Å². The van der Waals surface area contributed by atoms with Crippen molar-refractivity contribution < 1.29 is 18.7 Å². The van der Waals surface area contributed by atoms with Crippen molar-refractivity contribution in [3.8, 4) is 11.1 Å². The van der Waals surface area contributed by atoms with Crippen LogP contribution >= 0.6 is 0 Å². The maximum atomic E-state index is 14.0. The maximum Gasteiger partial charge on any atom is 0.410 e. The molecule has 268 valence electrons. The molecular formula is C40H53FN6O3. The van der Waals surface area contributed by atoms with E-state index in [1.165, 1.54) is 29.9 Å². The van der Waals surface area contributed by atoms with Gasteiger partial charge < -0.3 is 14.5 Å². The lowest BCUT2D eigenvalue weighted by Gasteiger charge is -2.37. The molecule has 50 heavy (non-hydrogen) atoms. The standard InChI is InChI=1S/C25H24FN5O.C15H29NO2/c1-4-16-9-15(2)29-23(10-16)31-13-18-6-5-17(11-21(18)25(31)32)20-8-7-19(26)12-22(20)24(28)30(3)14-27;1-6-12(2)11-13-9-7-8-10-16(13)14(17)18-15(3,4)5/h5-12,14,27-28H,4,13H2,1-3H3;12-13H,6-11H2,1-5H3. The third kappa shape index (κ3) is 9.34. The first kappa shape index (κ1) is 38.2. The zero-order valence-corrected chi connectivity index (χ0v) is 30.9. The zero-order valence-electron chi connectivity index (χ0n) is 30.9. The van der Waals surface area contributed by atoms with Crippen molar-refractivity contribution in [2.45, 2.75) is 105 Å². The van der Waals surface area contributed by atoms with Gasteiger partial charge in [0, 0.05) is 36.5 Å². The van der Waals surface area contributed by atoms with Crippen LogP contribution in [-0.4, -0.2) is 64.2 Å². The number of halogens is 1. The summed E-state index contributed by atoms with van der Waals surface area (Å²) < 4.78 is 19.5. The van der Waals surface area contributed by atoms with Crippen LogP contribution < -0.4 is 4.90 Å². The molecule has 1 fully saturated rings. The molecule has 0 bridgehead atoms. The predicted molar refractivity (Wildman–Crippen MR) is 199 cm³/mol. The number of amides is 2. The second-order valence-corrected chi connectivity index (χ2v) is 14.4. The van der Waals surface area contributed by atoms with E-state index in [2.05, 4.69) is 25.8 Å². The topological polar surface area (TPSA) is 114 Å². The van der Waals surface area contributed by atoms with Crippen LogP contribution in [0, 0.1) is 29.5 Å². The minimum absolute atomic E-state index is 0.000919. The number of carbonyl (C=O) groups is 2. The molecule has 2 aliphatic rings. The zero-order chi connectivity index (χ0) is 36.7. The number of likely N-dealkylation sites (tertiary alicyclic amines) is 1. The molecule has 5 rings (SSSR count). The van der Waals surface area contributed by atoms with Crippen LogP contribution in [0.1, 0.15) is 106 Å². The molecule has 1 aromatic heterocycles. The van der Waals surface area contributed by atoms with Crippen molar-refractivity contribution in [2.24, 2.45) is 5.92 Å². The normalized spacial score (nSPS) is 16.3. The molecule has 0 spiro atoms. The molecule has 2 atom stereocenters. The largest absolute Gasteiger partial charge is 0.444 e. The number of amidine groups is 1. The number of fused-ring (bicyclic) bond motifs is 1. The van der Waals surface area contributed by atoms with Crippen molar-refractivity contribution in [1.29, 1.82) is 10.8 Å². The summed E-state index contributed by atoms with van der Waals surface area (Å²) in [7, 11) is 1.56. The number of aryl methyl sites for hydroxylation is 2. The van der Waals surface area contributed by atoms with Crippen molar-refractivity contribution in [2.75, 3.05) is 18.5 Å². The summed E-state index contributed by atoms with van der Waals surface area (Å²) in [6.45, 7) is 15.6. The third-order valence-electron chi connectivity index (χ3n) is 9.32. The molecular weight excluding hydrogens is 631 g/mol. The van der Waals surface area contributed by atoms with Gasteiger partial charge in [0.05, 0.1) is 12.9 Å². The molecule has 2 aliphatic heterocycles. The Kier molecular flexibility index (Phi) is 12.5. The lowest BCUT2D eigenvalue weighted by atomic mass is 9.92. The number of piperidine rings is 1. The molecule has 1 saturated heterocycles. The number of ether oxygens (including phenoxy) is 1. The number of anilines is 1. The highest BCUT2D eigenvalue weighted by atomic mass is 19.1. The van der Waals surface area contributed by atoms with E-state index >= 15 is 0 Å². The summed E-state index contributed by atoms with van der Waals surface area (Å²) in [5, 5.41) is 15.7. The first-order chi connectivity index (χ1) is 23.6. The Morgan fingerprint density at radius 1 is 1.12 bits per heavy atom. The number of pyridine rings is 1. The molecule has 0 saturated carbocycles. The van der Waals surface area contributed by atoms with E-state index in [4.69, 9.17) is 15.6 Å². The van der Waals surface area contributed by atoms with Crippen LogP contribution in [0.2, 0.25) is 0 Å². The number of benzene rings is 2. The number of nitrogens with one attached hydrogen (secondary N) is 2. The van der Waals surface area contributed by atoms with Gasteiger partial charge in [-0.2, -0.15) is 0 Å². The number of hydrogen-bond acceptors (Lipinski definition) is 6. The molecule has 10 heteroatoms. The van der Waals surface area contributed by atoms with E-state index in [1.54, 1.807) is 24.1 Å². The fourth-order valence-corrected chi connectivity index (χ4v) is 6.37. The van der Waals surface area contributed by atoms with Crippen LogP contribution in [0.5, 0.6) is 0 Å². The predicted octanol–water partition coefficient (Wildman–Crippen LogP) is 9.00. The van der Waals surface area contributed by atoms with Crippen LogP contribution in [0.25, 0.3) is 11.1 Å². The maximum absolute atomic E-state index is 14.0. The van der Waals surface area contributed by atoms with Crippen molar-refractivity contribution in [3.63, 3.8) is 0 Å². The van der Waals surface area contributed by atoms with Gasteiger partial charge in [0.1, 0.15) is 23.1 Å². The Hall–Kier alpha value is -4.60. The molecule has 2 amide bonds. The van der Waals surface area contributed by atoms with Gasteiger partial charge in [-0.1, -0.05) is 45.4 Å². The average Bonchev–Trinajstić information content (AvgIpc) is 3.42. The molecule has 0 aliphatic carbocycles. The SMILES string of the molecule is CCC(C)CC1CCCCN1C(=O)OC(C)(C)C.CCc1cc(C)nc(N2Cc3ccc(-c4ccc(F)cc4C(=N)N(C)C=N)cc3C2=O)c1. The Labute approximate surface area is 296 Å². The van der Waals surface area contributed by atoms with Crippen molar-refractivity contribution in [1.82, 2.24) is 14.8 Å². The second-order valence-electron chi connectivity index (χ2n) is 14.4. The van der Waals surface area contributed by atoms with Gasteiger partial charge in [0.15, 0.2) is 0 Å². The molecule has 3 heterocycles. The molecule has 2 unspecified atom stereocenters. The quantitative estimate of drug-likeness (QED) is 0.182. The van der Waals surface area contributed by atoms with E-state index in [1.807, 2.05) is 56.9 Å². The minimum atomic E-state index is -0.465. The van der Waals surface area contributed by atoms with Crippen LogP contribution in [-0.2, 0) is 17.7 Å². The van der Waals surface area contributed by atoms with E-state index in [0.717, 1.165) is 55.4 Å². The molecule has 2 N–H and O–H groups in total. The first-order valence-corrected chi connectivity index (χ1v) is 17.7. The van der Waals surface area contributed by atoms with Crippen LogP contribution in [0.3, 0.4) is 0 Å². The molecule has 3 aromatic rings. The van der Waals surface area contributed by atoms with Gasteiger partial charge in [0.2, 0.25) is 0 Å². The molecule has 2 aromatic carbocycles. The number of rotatable bonds is 8. The summed E-state index contributed by atoms with van der Waals surface area (Å²) in [4.78, 5) is 35.0. The number of nitrogens with zero attached hydrogens (tertiary/aromatic N) is 4. The van der Waals surface area contributed by atoms with Gasteiger partial charge in [0.25, 0.3) is 5.91 Å². The fourth-order valence-electron chi connectivity index (χ4n) is 6.37. The highest BCUT2D eigenvalue weighted by molar-refractivity contribution is 6.11. The highest BCUT2D eigenvalue weighted by Gasteiger charge is 2.32. The monoisotopic (exact) mass is 684 g/mol. The molecule has 9 nitrogen and oxygen atoms in total. The Balaban J connectivity index is 0.000000266. The van der Waals surface area contributed by atoms with Gasteiger partial charge in [-0.3, -0.25) is 20.5 Å². The summed E-state index contributed by atoms with van der Waals surface area (Å²) in [5.74, 6) is 0.725. The number of carbonyl (C=O) groups excluding carboxylic acids is 2.